The average Bonchev–Trinajstić information content (AvgIpc) is 2.13. The first kappa shape index (κ1) is 11.7. The second kappa shape index (κ2) is 6.22. The number of carbonyl (C=O) groups excluding carboxylic acids is 2. The number of hydrogen-bond donors (Lipinski definition) is 0. The molecule has 4 nitrogen and oxygen atoms in total. The molecule has 0 saturated carbocycles. The van der Waals surface area contributed by atoms with Crippen molar-refractivity contribution in [3.05, 3.63) is 11.6 Å². The molecule has 0 fully saturated rings. The smallest absolute Gasteiger partial charge is 0.333 e. The van der Waals surface area contributed by atoms with Crippen molar-refractivity contribution in [2.45, 2.75) is 20.3 Å². The first-order valence-electron chi connectivity index (χ1n) is 4.02. The van der Waals surface area contributed by atoms with Gasteiger partial charge in [-0.2, -0.15) is 0 Å². The molecule has 0 amide bonds. The highest BCUT2D eigenvalue weighted by Crippen LogP contribution is 1.98. The lowest BCUT2D eigenvalue weighted by atomic mass is 10.2. The molecular formula is C9H14O4. The second-order valence-corrected chi connectivity index (χ2v) is 2.39. The zero-order chi connectivity index (χ0) is 10.3. The van der Waals surface area contributed by atoms with Crippen molar-refractivity contribution in [3.8, 4) is 0 Å². The third kappa shape index (κ3) is 5.00. The van der Waals surface area contributed by atoms with Crippen molar-refractivity contribution in [2.75, 3.05) is 13.7 Å². The fraction of sp³-hybridized carbons (Fsp3) is 0.556. The molecular weight excluding hydrogens is 172 g/mol. The Morgan fingerprint density at radius 2 is 2.00 bits per heavy atom. The van der Waals surface area contributed by atoms with Crippen molar-refractivity contribution in [1.82, 2.24) is 0 Å². The molecule has 0 aliphatic rings. The van der Waals surface area contributed by atoms with Crippen LogP contribution in [0.5, 0.6) is 0 Å². The van der Waals surface area contributed by atoms with Gasteiger partial charge in [-0.05, 0) is 13.8 Å². The predicted molar refractivity (Wildman–Crippen MR) is 47.0 cm³/mol. The summed E-state index contributed by atoms with van der Waals surface area (Å²) >= 11 is 0. The molecule has 0 saturated heterocycles. The van der Waals surface area contributed by atoms with Gasteiger partial charge in [0, 0.05) is 5.57 Å². The van der Waals surface area contributed by atoms with E-state index in [1.165, 1.54) is 13.2 Å². The van der Waals surface area contributed by atoms with Gasteiger partial charge < -0.3 is 9.47 Å². The van der Waals surface area contributed by atoms with Crippen molar-refractivity contribution in [1.29, 1.82) is 0 Å². The monoisotopic (exact) mass is 186 g/mol. The molecule has 0 atom stereocenters. The Morgan fingerprint density at radius 3 is 2.46 bits per heavy atom. The van der Waals surface area contributed by atoms with E-state index in [9.17, 15) is 9.59 Å². The predicted octanol–water partition coefficient (Wildman–Crippen LogP) is 1.06. The van der Waals surface area contributed by atoms with Gasteiger partial charge in [-0.15, -0.1) is 0 Å². The van der Waals surface area contributed by atoms with E-state index in [1.54, 1.807) is 13.8 Å². The minimum absolute atomic E-state index is 0.106. The summed E-state index contributed by atoms with van der Waals surface area (Å²) in [5.41, 5.74) is 0.413. The van der Waals surface area contributed by atoms with Crippen LogP contribution < -0.4 is 0 Å². The van der Waals surface area contributed by atoms with Crippen LogP contribution >= 0.6 is 0 Å². The number of ether oxygens (including phenoxy) is 2. The molecule has 0 unspecified atom stereocenters. The second-order valence-electron chi connectivity index (χ2n) is 2.39. The molecule has 0 radical (unpaired) electrons. The summed E-state index contributed by atoms with van der Waals surface area (Å²) in [5.74, 6) is -0.768. The van der Waals surface area contributed by atoms with Crippen LogP contribution in [0.2, 0.25) is 0 Å². The summed E-state index contributed by atoms with van der Waals surface area (Å²) in [5, 5.41) is 0. The zero-order valence-electron chi connectivity index (χ0n) is 8.12. The van der Waals surface area contributed by atoms with Crippen LogP contribution in [0, 0.1) is 0 Å². The summed E-state index contributed by atoms with van der Waals surface area (Å²) < 4.78 is 9.11. The lowest BCUT2D eigenvalue weighted by molar-refractivity contribution is -0.142. The Hall–Kier alpha value is -1.32. The fourth-order valence-electron chi connectivity index (χ4n) is 0.701. The summed E-state index contributed by atoms with van der Waals surface area (Å²) in [6.07, 6.45) is 1.60. The maximum Gasteiger partial charge on any atom is 0.333 e. The van der Waals surface area contributed by atoms with E-state index in [0.29, 0.717) is 12.2 Å². The van der Waals surface area contributed by atoms with Gasteiger partial charge in [0.15, 0.2) is 0 Å². The molecule has 0 heterocycles. The van der Waals surface area contributed by atoms with E-state index in [-0.39, 0.29) is 12.4 Å². The molecule has 0 N–H and O–H groups in total. The van der Waals surface area contributed by atoms with Crippen LogP contribution in [0.1, 0.15) is 20.3 Å². The molecule has 0 aliphatic heterocycles. The Labute approximate surface area is 77.5 Å². The molecule has 0 aromatic rings. The number of rotatable bonds is 4. The highest BCUT2D eigenvalue weighted by atomic mass is 16.5. The van der Waals surface area contributed by atoms with Crippen molar-refractivity contribution < 1.29 is 19.1 Å². The normalized spacial score (nSPS) is 10.8. The Kier molecular flexibility index (Phi) is 5.59. The molecule has 0 aromatic heterocycles. The largest absolute Gasteiger partial charge is 0.466 e. The lowest BCUT2D eigenvalue weighted by Gasteiger charge is -1.99. The van der Waals surface area contributed by atoms with Gasteiger partial charge in [-0.3, -0.25) is 4.79 Å². The standard InChI is InChI=1S/C9H14O4/c1-4-13-8(10)6-5-7(2)9(11)12-3/h5H,4,6H2,1-3H3/b7-5+. The van der Waals surface area contributed by atoms with E-state index in [0.717, 1.165) is 0 Å². The molecule has 74 valence electrons. The molecule has 0 aromatic carbocycles. The van der Waals surface area contributed by atoms with Gasteiger partial charge in [-0.1, -0.05) is 6.08 Å². The van der Waals surface area contributed by atoms with Crippen molar-refractivity contribution in [2.24, 2.45) is 0 Å². The third-order valence-corrected chi connectivity index (χ3v) is 1.39. The summed E-state index contributed by atoms with van der Waals surface area (Å²) in [6, 6.07) is 0. The van der Waals surface area contributed by atoms with Gasteiger partial charge in [0.2, 0.25) is 0 Å². The summed E-state index contributed by atoms with van der Waals surface area (Å²) in [7, 11) is 1.30. The van der Waals surface area contributed by atoms with E-state index < -0.39 is 5.97 Å². The third-order valence-electron chi connectivity index (χ3n) is 1.39. The first-order chi connectivity index (χ1) is 6.11. The van der Waals surface area contributed by atoms with Crippen LogP contribution in [0.25, 0.3) is 0 Å². The van der Waals surface area contributed by atoms with Crippen LogP contribution in [0.4, 0.5) is 0 Å². The van der Waals surface area contributed by atoms with E-state index >= 15 is 0 Å². The van der Waals surface area contributed by atoms with Crippen molar-refractivity contribution in [3.63, 3.8) is 0 Å². The van der Waals surface area contributed by atoms with E-state index in [1.807, 2.05) is 0 Å². The topological polar surface area (TPSA) is 52.6 Å². The Morgan fingerprint density at radius 1 is 1.38 bits per heavy atom. The molecule has 0 rings (SSSR count). The molecule has 0 aliphatic carbocycles. The van der Waals surface area contributed by atoms with Crippen LogP contribution in [0.3, 0.4) is 0 Å². The van der Waals surface area contributed by atoms with Crippen LogP contribution in [-0.2, 0) is 19.1 Å². The SMILES string of the molecule is CCOC(=O)C/C=C(\C)C(=O)OC. The quantitative estimate of drug-likeness (QED) is 0.486. The maximum absolute atomic E-state index is 10.8. The lowest BCUT2D eigenvalue weighted by Crippen LogP contribution is -2.05. The zero-order valence-corrected chi connectivity index (χ0v) is 8.12. The molecule has 13 heavy (non-hydrogen) atoms. The Balaban J connectivity index is 3.96. The van der Waals surface area contributed by atoms with Gasteiger partial charge in [-0.25, -0.2) is 4.79 Å². The van der Waals surface area contributed by atoms with Gasteiger partial charge >= 0.3 is 11.9 Å². The first-order valence-corrected chi connectivity index (χ1v) is 4.02. The van der Waals surface area contributed by atoms with Crippen LogP contribution in [-0.4, -0.2) is 25.7 Å². The Bertz CT molecular complexity index is 218. The van der Waals surface area contributed by atoms with Crippen molar-refractivity contribution >= 4 is 11.9 Å². The summed E-state index contributed by atoms with van der Waals surface area (Å²) in [4.78, 5) is 21.7. The maximum atomic E-state index is 10.8. The number of esters is 2. The van der Waals surface area contributed by atoms with E-state index in [4.69, 9.17) is 0 Å². The number of carbonyl (C=O) groups is 2. The minimum atomic E-state index is -0.427. The van der Waals surface area contributed by atoms with Gasteiger partial charge in [0.1, 0.15) is 0 Å². The minimum Gasteiger partial charge on any atom is -0.466 e. The molecule has 0 bridgehead atoms. The average molecular weight is 186 g/mol. The highest BCUT2D eigenvalue weighted by molar-refractivity contribution is 5.88. The molecule has 0 spiro atoms. The number of hydrogen-bond acceptors (Lipinski definition) is 4. The van der Waals surface area contributed by atoms with E-state index in [2.05, 4.69) is 9.47 Å². The fourth-order valence-corrected chi connectivity index (χ4v) is 0.701. The molecule has 4 heteroatoms. The summed E-state index contributed by atoms with van der Waals surface area (Å²) in [6.45, 7) is 3.67. The van der Waals surface area contributed by atoms with Gasteiger partial charge in [0.25, 0.3) is 0 Å². The van der Waals surface area contributed by atoms with Crippen LogP contribution in [0.15, 0.2) is 11.6 Å². The highest BCUT2D eigenvalue weighted by Gasteiger charge is 2.04. The van der Waals surface area contributed by atoms with Gasteiger partial charge in [0.05, 0.1) is 20.1 Å². The number of methoxy groups -OCH3 is 1.